The van der Waals surface area contributed by atoms with E-state index in [-0.39, 0.29) is 24.4 Å². The van der Waals surface area contributed by atoms with Crippen LogP contribution in [0.3, 0.4) is 0 Å². The molecule has 94 valence electrons. The van der Waals surface area contributed by atoms with Gasteiger partial charge in [0.1, 0.15) is 0 Å². The summed E-state index contributed by atoms with van der Waals surface area (Å²) in [5.41, 5.74) is -0.117. The van der Waals surface area contributed by atoms with Crippen LogP contribution in [-0.2, 0) is 11.3 Å². The number of hydrogen-bond donors (Lipinski definition) is 2. The highest BCUT2D eigenvalue weighted by atomic mass is 16.3. The summed E-state index contributed by atoms with van der Waals surface area (Å²) in [6.07, 6.45) is 1.99. The standard InChI is InChI=1S/C12H18N2O3/c1-2-10(15)9-13-11(16)6-8-14-7-4-3-5-12(14)17/h3-5,7,10,15H,2,6,8-9H2,1H3,(H,13,16). The highest BCUT2D eigenvalue weighted by molar-refractivity contribution is 5.75. The van der Waals surface area contributed by atoms with Crippen LogP contribution >= 0.6 is 0 Å². The number of aromatic nitrogens is 1. The second kappa shape index (κ2) is 6.85. The van der Waals surface area contributed by atoms with E-state index in [0.717, 1.165) is 0 Å². The maximum absolute atomic E-state index is 11.4. The summed E-state index contributed by atoms with van der Waals surface area (Å²) in [6.45, 7) is 2.47. The summed E-state index contributed by atoms with van der Waals surface area (Å²) < 4.78 is 1.48. The van der Waals surface area contributed by atoms with Gasteiger partial charge < -0.3 is 15.0 Å². The van der Waals surface area contributed by atoms with E-state index in [9.17, 15) is 14.7 Å². The van der Waals surface area contributed by atoms with Crippen LogP contribution in [0.15, 0.2) is 29.2 Å². The first-order chi connectivity index (χ1) is 8.13. The van der Waals surface area contributed by atoms with Gasteiger partial charge in [-0.2, -0.15) is 0 Å². The normalized spacial score (nSPS) is 12.1. The molecule has 1 unspecified atom stereocenters. The van der Waals surface area contributed by atoms with Gasteiger partial charge >= 0.3 is 0 Å². The number of nitrogens with one attached hydrogen (secondary N) is 1. The van der Waals surface area contributed by atoms with Crippen molar-refractivity contribution in [2.75, 3.05) is 6.54 Å². The molecule has 1 heterocycles. The SMILES string of the molecule is CCC(O)CNC(=O)CCn1ccccc1=O. The van der Waals surface area contributed by atoms with Gasteiger partial charge in [0.2, 0.25) is 5.91 Å². The fourth-order valence-electron chi connectivity index (χ4n) is 1.33. The molecule has 5 heteroatoms. The monoisotopic (exact) mass is 238 g/mol. The predicted molar refractivity (Wildman–Crippen MR) is 64.6 cm³/mol. The molecular formula is C12H18N2O3. The van der Waals surface area contributed by atoms with E-state index in [0.29, 0.717) is 13.0 Å². The van der Waals surface area contributed by atoms with Crippen LogP contribution in [0.1, 0.15) is 19.8 Å². The third kappa shape index (κ3) is 4.82. The van der Waals surface area contributed by atoms with E-state index >= 15 is 0 Å². The van der Waals surface area contributed by atoms with Gasteiger partial charge in [0.05, 0.1) is 6.10 Å². The molecular weight excluding hydrogens is 220 g/mol. The number of hydrogen-bond acceptors (Lipinski definition) is 3. The highest BCUT2D eigenvalue weighted by Crippen LogP contribution is 1.90. The van der Waals surface area contributed by atoms with Gasteiger partial charge in [0.25, 0.3) is 5.56 Å². The van der Waals surface area contributed by atoms with Crippen molar-refractivity contribution in [1.82, 2.24) is 9.88 Å². The fraction of sp³-hybridized carbons (Fsp3) is 0.500. The Morgan fingerprint density at radius 1 is 1.53 bits per heavy atom. The van der Waals surface area contributed by atoms with E-state index in [1.165, 1.54) is 10.6 Å². The third-order valence-corrected chi connectivity index (χ3v) is 2.48. The Balaban J connectivity index is 2.34. The average Bonchev–Trinajstić information content (AvgIpc) is 2.35. The van der Waals surface area contributed by atoms with Gasteiger partial charge in [-0.3, -0.25) is 9.59 Å². The summed E-state index contributed by atoms with van der Waals surface area (Å²) in [7, 11) is 0. The number of carbonyl (C=O) groups is 1. The van der Waals surface area contributed by atoms with Gasteiger partial charge in [-0.05, 0) is 12.5 Å². The minimum Gasteiger partial charge on any atom is -0.391 e. The Morgan fingerprint density at radius 2 is 2.29 bits per heavy atom. The van der Waals surface area contributed by atoms with Crippen molar-refractivity contribution in [2.45, 2.75) is 32.4 Å². The number of aryl methyl sites for hydroxylation is 1. The van der Waals surface area contributed by atoms with E-state index < -0.39 is 6.10 Å². The molecule has 0 spiro atoms. The van der Waals surface area contributed by atoms with Gasteiger partial charge in [0.15, 0.2) is 0 Å². The lowest BCUT2D eigenvalue weighted by atomic mass is 10.3. The van der Waals surface area contributed by atoms with Crippen LogP contribution in [0, 0.1) is 0 Å². The fourth-order valence-corrected chi connectivity index (χ4v) is 1.33. The molecule has 1 aromatic heterocycles. The van der Waals surface area contributed by atoms with Crippen molar-refractivity contribution in [1.29, 1.82) is 0 Å². The molecule has 2 N–H and O–H groups in total. The Morgan fingerprint density at radius 3 is 2.94 bits per heavy atom. The molecule has 1 rings (SSSR count). The molecule has 0 aliphatic rings. The van der Waals surface area contributed by atoms with Crippen LogP contribution in [0.5, 0.6) is 0 Å². The highest BCUT2D eigenvalue weighted by Gasteiger charge is 2.05. The number of carbonyl (C=O) groups excluding carboxylic acids is 1. The molecule has 0 bridgehead atoms. The summed E-state index contributed by atoms with van der Waals surface area (Å²) >= 11 is 0. The molecule has 0 aliphatic carbocycles. The zero-order valence-corrected chi connectivity index (χ0v) is 9.93. The molecule has 1 amide bonds. The summed E-state index contributed by atoms with van der Waals surface area (Å²) in [4.78, 5) is 22.7. The number of aliphatic hydroxyl groups is 1. The van der Waals surface area contributed by atoms with Crippen molar-refractivity contribution in [3.05, 3.63) is 34.7 Å². The smallest absolute Gasteiger partial charge is 0.250 e. The Bertz CT molecular complexity index is 414. The summed E-state index contributed by atoms with van der Waals surface area (Å²) in [5, 5.41) is 11.9. The Hall–Kier alpha value is -1.62. The quantitative estimate of drug-likeness (QED) is 0.739. The average molecular weight is 238 g/mol. The minimum absolute atomic E-state index is 0.117. The largest absolute Gasteiger partial charge is 0.391 e. The lowest BCUT2D eigenvalue weighted by Gasteiger charge is -2.09. The number of rotatable bonds is 6. The predicted octanol–water partition coefficient (Wildman–Crippen LogP) is 0.125. The molecule has 5 nitrogen and oxygen atoms in total. The molecule has 1 aromatic rings. The third-order valence-electron chi connectivity index (χ3n) is 2.48. The maximum atomic E-state index is 11.4. The van der Waals surface area contributed by atoms with Gasteiger partial charge in [-0.1, -0.05) is 13.0 Å². The van der Waals surface area contributed by atoms with Crippen molar-refractivity contribution in [3.8, 4) is 0 Å². The molecule has 0 saturated carbocycles. The van der Waals surface area contributed by atoms with Gasteiger partial charge in [0, 0.05) is 31.8 Å². The van der Waals surface area contributed by atoms with E-state index in [1.54, 1.807) is 18.3 Å². The zero-order chi connectivity index (χ0) is 12.7. The first kappa shape index (κ1) is 13.4. The molecule has 0 fully saturated rings. The Labute approximate surface area is 100 Å². The topological polar surface area (TPSA) is 71.3 Å². The second-order valence-corrected chi connectivity index (χ2v) is 3.85. The molecule has 1 atom stereocenters. The molecule has 0 radical (unpaired) electrons. The van der Waals surface area contributed by atoms with E-state index in [4.69, 9.17) is 0 Å². The molecule has 0 saturated heterocycles. The lowest BCUT2D eigenvalue weighted by molar-refractivity contribution is -0.121. The number of pyridine rings is 1. The number of nitrogens with zero attached hydrogens (tertiary/aromatic N) is 1. The maximum Gasteiger partial charge on any atom is 0.250 e. The minimum atomic E-state index is -0.501. The van der Waals surface area contributed by atoms with Crippen molar-refractivity contribution in [3.63, 3.8) is 0 Å². The molecule has 0 aliphatic heterocycles. The first-order valence-corrected chi connectivity index (χ1v) is 5.73. The number of amides is 1. The second-order valence-electron chi connectivity index (χ2n) is 3.85. The number of aliphatic hydroxyl groups excluding tert-OH is 1. The van der Waals surface area contributed by atoms with Crippen LogP contribution in [0.2, 0.25) is 0 Å². The lowest BCUT2D eigenvalue weighted by Crippen LogP contribution is -2.32. The van der Waals surface area contributed by atoms with Gasteiger partial charge in [-0.25, -0.2) is 0 Å². The molecule has 17 heavy (non-hydrogen) atoms. The van der Waals surface area contributed by atoms with Crippen molar-refractivity contribution < 1.29 is 9.90 Å². The first-order valence-electron chi connectivity index (χ1n) is 5.73. The van der Waals surface area contributed by atoms with Crippen LogP contribution in [0.4, 0.5) is 0 Å². The summed E-state index contributed by atoms with van der Waals surface area (Å²) in [5.74, 6) is -0.159. The van der Waals surface area contributed by atoms with Crippen LogP contribution in [0.25, 0.3) is 0 Å². The van der Waals surface area contributed by atoms with Gasteiger partial charge in [-0.15, -0.1) is 0 Å². The molecule has 0 aromatic carbocycles. The van der Waals surface area contributed by atoms with Crippen molar-refractivity contribution in [2.24, 2.45) is 0 Å². The Kier molecular flexibility index (Phi) is 5.42. The zero-order valence-electron chi connectivity index (χ0n) is 9.93. The van der Waals surface area contributed by atoms with Crippen LogP contribution in [-0.4, -0.2) is 28.2 Å². The van der Waals surface area contributed by atoms with E-state index in [2.05, 4.69) is 5.32 Å². The van der Waals surface area contributed by atoms with Crippen molar-refractivity contribution >= 4 is 5.91 Å². The summed E-state index contributed by atoms with van der Waals surface area (Å²) in [6, 6.07) is 4.87. The van der Waals surface area contributed by atoms with Crippen LogP contribution < -0.4 is 10.9 Å². The van der Waals surface area contributed by atoms with E-state index in [1.807, 2.05) is 6.92 Å².